The lowest BCUT2D eigenvalue weighted by Gasteiger charge is -2.27. The van der Waals surface area contributed by atoms with Crippen LogP contribution in [0.4, 0.5) is 0 Å². The Kier molecular flexibility index (Phi) is 4.61. The molecule has 4 nitrogen and oxygen atoms in total. The third kappa shape index (κ3) is 3.53. The van der Waals surface area contributed by atoms with Gasteiger partial charge in [0.25, 0.3) is 0 Å². The molecule has 0 radical (unpaired) electrons. The molecule has 3 aliphatic rings. The molecule has 4 heteroatoms. The second kappa shape index (κ2) is 6.44. The number of piperidine rings is 1. The van der Waals surface area contributed by atoms with Crippen LogP contribution in [-0.2, 0) is 4.79 Å². The van der Waals surface area contributed by atoms with E-state index in [9.17, 15) is 4.79 Å². The van der Waals surface area contributed by atoms with E-state index in [1.807, 2.05) is 0 Å². The van der Waals surface area contributed by atoms with Gasteiger partial charge in [0, 0.05) is 25.2 Å². The highest BCUT2D eigenvalue weighted by Gasteiger charge is 2.34. The summed E-state index contributed by atoms with van der Waals surface area (Å²) in [5.74, 6) is 1.85. The molecule has 2 aliphatic heterocycles. The van der Waals surface area contributed by atoms with Crippen molar-refractivity contribution in [3.8, 4) is 0 Å². The normalized spacial score (nSPS) is 38.5. The molecule has 0 spiro atoms. The number of hydrogen-bond acceptors (Lipinski definition) is 3. The van der Waals surface area contributed by atoms with E-state index in [2.05, 4.69) is 22.5 Å². The van der Waals surface area contributed by atoms with Crippen LogP contribution in [0.1, 0.15) is 45.4 Å². The molecule has 2 unspecified atom stereocenters. The minimum atomic E-state index is 0.239. The van der Waals surface area contributed by atoms with Crippen molar-refractivity contribution in [2.45, 2.75) is 57.5 Å². The van der Waals surface area contributed by atoms with Crippen LogP contribution in [0.25, 0.3) is 0 Å². The predicted molar refractivity (Wildman–Crippen MR) is 80.5 cm³/mol. The first-order valence-electron chi connectivity index (χ1n) is 8.46. The van der Waals surface area contributed by atoms with Crippen LogP contribution in [0.2, 0.25) is 0 Å². The minimum absolute atomic E-state index is 0.239. The molecule has 2 heterocycles. The van der Waals surface area contributed by atoms with Crippen molar-refractivity contribution >= 4 is 5.91 Å². The summed E-state index contributed by atoms with van der Waals surface area (Å²) in [5, 5.41) is 6.84. The van der Waals surface area contributed by atoms with Crippen molar-refractivity contribution in [2.75, 3.05) is 26.2 Å². The van der Waals surface area contributed by atoms with E-state index in [4.69, 9.17) is 0 Å². The number of nitrogens with one attached hydrogen (secondary N) is 2. The van der Waals surface area contributed by atoms with Crippen LogP contribution in [0, 0.1) is 11.8 Å². The molecule has 1 saturated carbocycles. The van der Waals surface area contributed by atoms with Gasteiger partial charge in [-0.05, 0) is 56.9 Å². The number of rotatable bonds is 3. The summed E-state index contributed by atoms with van der Waals surface area (Å²) in [7, 11) is 0. The van der Waals surface area contributed by atoms with Crippen molar-refractivity contribution in [3.05, 3.63) is 0 Å². The average Bonchev–Trinajstić information content (AvgIpc) is 2.83. The minimum Gasteiger partial charge on any atom is -0.352 e. The maximum atomic E-state index is 12.2. The molecule has 0 aromatic heterocycles. The molecular formula is C16H29N3O. The number of hydrogen-bond donors (Lipinski definition) is 2. The summed E-state index contributed by atoms with van der Waals surface area (Å²) in [6, 6.07) is 1.06. The molecule has 20 heavy (non-hydrogen) atoms. The van der Waals surface area contributed by atoms with Gasteiger partial charge in [-0.2, -0.15) is 0 Å². The maximum Gasteiger partial charge on any atom is 0.234 e. The quantitative estimate of drug-likeness (QED) is 0.820. The van der Waals surface area contributed by atoms with Crippen LogP contribution in [0.15, 0.2) is 0 Å². The zero-order chi connectivity index (χ0) is 13.9. The fourth-order valence-corrected chi connectivity index (χ4v) is 4.15. The molecule has 0 aromatic rings. The van der Waals surface area contributed by atoms with Crippen LogP contribution in [0.5, 0.6) is 0 Å². The van der Waals surface area contributed by atoms with Gasteiger partial charge in [0.1, 0.15) is 0 Å². The number of likely N-dealkylation sites (tertiary alicyclic amines) is 1. The van der Waals surface area contributed by atoms with Crippen molar-refractivity contribution in [1.82, 2.24) is 15.5 Å². The van der Waals surface area contributed by atoms with Gasteiger partial charge in [0.15, 0.2) is 0 Å². The van der Waals surface area contributed by atoms with Crippen molar-refractivity contribution < 1.29 is 4.79 Å². The summed E-state index contributed by atoms with van der Waals surface area (Å²) < 4.78 is 0. The fraction of sp³-hybridized carbons (Fsp3) is 0.938. The summed E-state index contributed by atoms with van der Waals surface area (Å²) in [5.41, 5.74) is 0. The highest BCUT2D eigenvalue weighted by Crippen LogP contribution is 2.25. The lowest BCUT2D eigenvalue weighted by Crippen LogP contribution is -2.43. The number of carbonyl (C=O) groups excluding carboxylic acids is 1. The highest BCUT2D eigenvalue weighted by molar-refractivity contribution is 5.78. The number of nitrogens with zero attached hydrogens (tertiary/aromatic N) is 1. The molecule has 1 aliphatic carbocycles. The second-order valence-corrected chi connectivity index (χ2v) is 7.18. The lowest BCUT2D eigenvalue weighted by molar-refractivity contribution is -0.123. The van der Waals surface area contributed by atoms with Crippen LogP contribution >= 0.6 is 0 Å². The Balaban J connectivity index is 1.41. The molecule has 114 valence electrons. The molecule has 0 bridgehead atoms. The largest absolute Gasteiger partial charge is 0.352 e. The highest BCUT2D eigenvalue weighted by atomic mass is 16.2. The van der Waals surface area contributed by atoms with Crippen LogP contribution in [-0.4, -0.2) is 49.1 Å². The summed E-state index contributed by atoms with van der Waals surface area (Å²) in [6.45, 7) is 6.23. The van der Waals surface area contributed by atoms with E-state index in [0.29, 0.717) is 18.6 Å². The van der Waals surface area contributed by atoms with Gasteiger partial charge in [0.2, 0.25) is 5.91 Å². The molecule has 3 rings (SSSR count). The molecule has 0 aromatic carbocycles. The van der Waals surface area contributed by atoms with Crippen molar-refractivity contribution in [2.24, 2.45) is 11.8 Å². The second-order valence-electron chi connectivity index (χ2n) is 7.18. The zero-order valence-electron chi connectivity index (χ0n) is 12.7. The van der Waals surface area contributed by atoms with Crippen molar-refractivity contribution in [1.29, 1.82) is 0 Å². The summed E-state index contributed by atoms with van der Waals surface area (Å²) in [6.07, 6.45) is 7.49. The monoisotopic (exact) mass is 279 g/mol. The molecule has 2 N–H and O–H groups in total. The number of amides is 1. The van der Waals surface area contributed by atoms with E-state index in [1.54, 1.807) is 0 Å². The third-order valence-electron chi connectivity index (χ3n) is 5.42. The molecular weight excluding hydrogens is 250 g/mol. The lowest BCUT2D eigenvalue weighted by atomic mass is 9.87. The SMILES string of the molecule is CC1CCC(NC(=O)CN2CC3CCCNC3C2)CC1. The van der Waals surface area contributed by atoms with Gasteiger partial charge in [-0.1, -0.05) is 6.92 Å². The Bertz CT molecular complexity index is 325. The Labute approximate surface area is 122 Å². The Hall–Kier alpha value is -0.610. The topological polar surface area (TPSA) is 44.4 Å². The molecule has 3 fully saturated rings. The van der Waals surface area contributed by atoms with Crippen molar-refractivity contribution in [3.63, 3.8) is 0 Å². The van der Waals surface area contributed by atoms with Gasteiger partial charge in [-0.3, -0.25) is 9.69 Å². The van der Waals surface area contributed by atoms with E-state index in [0.717, 1.165) is 31.5 Å². The summed E-state index contributed by atoms with van der Waals surface area (Å²) in [4.78, 5) is 14.5. The summed E-state index contributed by atoms with van der Waals surface area (Å²) >= 11 is 0. The van der Waals surface area contributed by atoms with Gasteiger partial charge >= 0.3 is 0 Å². The number of carbonyl (C=O) groups is 1. The Morgan fingerprint density at radius 3 is 2.75 bits per heavy atom. The Morgan fingerprint density at radius 2 is 2.00 bits per heavy atom. The van der Waals surface area contributed by atoms with Crippen LogP contribution in [0.3, 0.4) is 0 Å². The molecule has 1 amide bonds. The fourth-order valence-electron chi connectivity index (χ4n) is 4.15. The molecule has 2 atom stereocenters. The van der Waals surface area contributed by atoms with Gasteiger partial charge < -0.3 is 10.6 Å². The average molecular weight is 279 g/mol. The molecule has 2 saturated heterocycles. The van der Waals surface area contributed by atoms with Gasteiger partial charge in [-0.25, -0.2) is 0 Å². The van der Waals surface area contributed by atoms with E-state index >= 15 is 0 Å². The smallest absolute Gasteiger partial charge is 0.234 e. The Morgan fingerprint density at radius 1 is 1.20 bits per heavy atom. The first-order chi connectivity index (χ1) is 9.70. The number of fused-ring (bicyclic) bond motifs is 1. The van der Waals surface area contributed by atoms with E-state index < -0.39 is 0 Å². The maximum absolute atomic E-state index is 12.2. The van der Waals surface area contributed by atoms with Gasteiger partial charge in [0.05, 0.1) is 6.54 Å². The van der Waals surface area contributed by atoms with E-state index in [1.165, 1.54) is 38.5 Å². The standard InChI is InChI=1S/C16H29N3O/c1-12-4-6-14(7-5-12)18-16(20)11-19-9-13-3-2-8-17-15(13)10-19/h12-15,17H,2-11H2,1H3,(H,18,20). The first-order valence-corrected chi connectivity index (χ1v) is 8.46. The first kappa shape index (κ1) is 14.3. The zero-order valence-corrected chi connectivity index (χ0v) is 12.7. The van der Waals surface area contributed by atoms with Gasteiger partial charge in [-0.15, -0.1) is 0 Å². The third-order valence-corrected chi connectivity index (χ3v) is 5.42. The predicted octanol–water partition coefficient (Wildman–Crippen LogP) is 1.37. The van der Waals surface area contributed by atoms with E-state index in [-0.39, 0.29) is 5.91 Å². The van der Waals surface area contributed by atoms with Crippen LogP contribution < -0.4 is 10.6 Å².